The van der Waals surface area contributed by atoms with E-state index in [-0.39, 0.29) is 0 Å². The monoisotopic (exact) mass is 335 g/mol. The topological polar surface area (TPSA) is 21.3 Å². The maximum absolute atomic E-state index is 5.84. The van der Waals surface area contributed by atoms with Crippen molar-refractivity contribution in [3.63, 3.8) is 0 Å². The number of rotatable bonds is 7. The van der Waals surface area contributed by atoms with Gasteiger partial charge in [0.15, 0.2) is 0 Å². The predicted molar refractivity (Wildman–Crippen MR) is 89.5 cm³/mol. The number of fused-ring (bicyclic) bond motifs is 1. The first-order chi connectivity index (χ1) is 9.68. The van der Waals surface area contributed by atoms with E-state index < -0.39 is 0 Å². The van der Waals surface area contributed by atoms with Crippen LogP contribution in [-0.4, -0.2) is 19.7 Å². The molecule has 20 heavy (non-hydrogen) atoms. The molecule has 0 aliphatic carbocycles. The van der Waals surface area contributed by atoms with Crippen molar-refractivity contribution in [3.05, 3.63) is 40.9 Å². The molecule has 0 aromatic heterocycles. The highest BCUT2D eigenvalue weighted by Crippen LogP contribution is 2.32. The highest BCUT2D eigenvalue weighted by Gasteiger charge is 2.05. The summed E-state index contributed by atoms with van der Waals surface area (Å²) in [6, 6.07) is 12.4. The van der Waals surface area contributed by atoms with Crippen molar-refractivity contribution in [2.75, 3.05) is 19.7 Å². The summed E-state index contributed by atoms with van der Waals surface area (Å²) < 4.78 is 6.88. The van der Waals surface area contributed by atoms with Crippen LogP contribution in [0.15, 0.2) is 40.9 Å². The molecule has 3 heteroatoms. The van der Waals surface area contributed by atoms with E-state index in [9.17, 15) is 0 Å². The molecule has 2 aromatic rings. The molecule has 0 fully saturated rings. The van der Waals surface area contributed by atoms with Gasteiger partial charge in [-0.25, -0.2) is 0 Å². The molecule has 0 bridgehead atoms. The Balaban J connectivity index is 1.86. The molecular formula is C17H22BrNO. The fourth-order valence-electron chi connectivity index (χ4n) is 2.07. The Kier molecular flexibility index (Phi) is 5.86. The summed E-state index contributed by atoms with van der Waals surface area (Å²) >= 11 is 3.64. The second kappa shape index (κ2) is 7.65. The molecule has 0 amide bonds. The van der Waals surface area contributed by atoms with Crippen LogP contribution in [0.4, 0.5) is 0 Å². The molecule has 0 unspecified atom stereocenters. The Morgan fingerprint density at radius 1 is 1.10 bits per heavy atom. The molecule has 2 rings (SSSR count). The molecule has 0 aliphatic heterocycles. The normalized spacial score (nSPS) is 11.2. The van der Waals surface area contributed by atoms with Crippen molar-refractivity contribution in [1.29, 1.82) is 0 Å². The molecular weight excluding hydrogens is 314 g/mol. The van der Waals surface area contributed by atoms with Gasteiger partial charge in [-0.3, -0.25) is 0 Å². The van der Waals surface area contributed by atoms with Gasteiger partial charge in [0.25, 0.3) is 0 Å². The van der Waals surface area contributed by atoms with Gasteiger partial charge in [0.1, 0.15) is 12.4 Å². The van der Waals surface area contributed by atoms with Crippen LogP contribution < -0.4 is 10.1 Å². The molecule has 2 aromatic carbocycles. The minimum absolute atomic E-state index is 0.690. The third kappa shape index (κ3) is 4.22. The number of nitrogens with one attached hydrogen (secondary N) is 1. The summed E-state index contributed by atoms with van der Waals surface area (Å²) in [5.41, 5.74) is 0. The second-order valence-corrected chi connectivity index (χ2v) is 6.17. The Morgan fingerprint density at radius 3 is 2.70 bits per heavy atom. The van der Waals surface area contributed by atoms with Crippen molar-refractivity contribution in [2.45, 2.75) is 20.3 Å². The van der Waals surface area contributed by atoms with Gasteiger partial charge in [0.2, 0.25) is 0 Å². The average Bonchev–Trinajstić information content (AvgIpc) is 2.45. The van der Waals surface area contributed by atoms with Gasteiger partial charge in [0.05, 0.1) is 4.47 Å². The lowest BCUT2D eigenvalue weighted by atomic mass is 10.1. The third-order valence-electron chi connectivity index (χ3n) is 3.26. The van der Waals surface area contributed by atoms with E-state index in [4.69, 9.17) is 4.74 Å². The number of benzene rings is 2. The van der Waals surface area contributed by atoms with Gasteiger partial charge in [0, 0.05) is 6.54 Å². The molecule has 0 saturated heterocycles. The van der Waals surface area contributed by atoms with Gasteiger partial charge in [-0.15, -0.1) is 0 Å². The Bertz CT molecular complexity index is 554. The zero-order chi connectivity index (χ0) is 14.4. The van der Waals surface area contributed by atoms with Crippen molar-refractivity contribution in [2.24, 2.45) is 5.92 Å². The minimum atomic E-state index is 0.690. The highest BCUT2D eigenvalue weighted by atomic mass is 79.9. The molecule has 0 spiro atoms. The first-order valence-corrected chi connectivity index (χ1v) is 7.98. The lowest BCUT2D eigenvalue weighted by Gasteiger charge is -2.11. The van der Waals surface area contributed by atoms with Crippen molar-refractivity contribution in [1.82, 2.24) is 5.32 Å². The van der Waals surface area contributed by atoms with Crippen LogP contribution in [0.1, 0.15) is 20.3 Å². The molecule has 0 aliphatic rings. The van der Waals surface area contributed by atoms with E-state index in [0.717, 1.165) is 29.2 Å². The van der Waals surface area contributed by atoms with Crippen LogP contribution in [0.5, 0.6) is 5.75 Å². The Morgan fingerprint density at radius 2 is 1.90 bits per heavy atom. The smallest absolute Gasteiger partial charge is 0.134 e. The molecule has 1 N–H and O–H groups in total. The van der Waals surface area contributed by atoms with Crippen molar-refractivity contribution < 1.29 is 4.74 Å². The summed E-state index contributed by atoms with van der Waals surface area (Å²) in [7, 11) is 0. The van der Waals surface area contributed by atoms with E-state index in [0.29, 0.717) is 6.61 Å². The maximum atomic E-state index is 5.84. The van der Waals surface area contributed by atoms with Gasteiger partial charge < -0.3 is 10.1 Å². The fraction of sp³-hybridized carbons (Fsp3) is 0.412. The third-order valence-corrected chi connectivity index (χ3v) is 4.08. The highest BCUT2D eigenvalue weighted by molar-refractivity contribution is 9.10. The number of ether oxygens (including phenoxy) is 1. The number of hydrogen-bond acceptors (Lipinski definition) is 2. The first kappa shape index (κ1) is 15.3. The summed E-state index contributed by atoms with van der Waals surface area (Å²) in [5, 5.41) is 5.82. The van der Waals surface area contributed by atoms with Crippen molar-refractivity contribution >= 4 is 26.7 Å². The van der Waals surface area contributed by atoms with Gasteiger partial charge in [-0.2, -0.15) is 0 Å². The van der Waals surface area contributed by atoms with Crippen LogP contribution >= 0.6 is 15.9 Å². The standard InChI is InChI=1S/C17H22BrNO/c1-13(2)9-10-19-11-12-20-16-8-7-14-5-3-4-6-15(14)17(16)18/h3-8,13,19H,9-12H2,1-2H3. The quantitative estimate of drug-likeness (QED) is 0.745. The van der Waals surface area contributed by atoms with Gasteiger partial charge in [-0.1, -0.05) is 44.2 Å². The van der Waals surface area contributed by atoms with E-state index in [2.05, 4.69) is 53.3 Å². The molecule has 2 nitrogen and oxygen atoms in total. The lowest BCUT2D eigenvalue weighted by molar-refractivity contribution is 0.311. The van der Waals surface area contributed by atoms with Crippen LogP contribution in [0.25, 0.3) is 10.8 Å². The van der Waals surface area contributed by atoms with Gasteiger partial charge in [-0.05, 0) is 51.7 Å². The summed E-state index contributed by atoms with van der Waals surface area (Å²) in [6.45, 7) is 7.11. The van der Waals surface area contributed by atoms with E-state index >= 15 is 0 Å². The van der Waals surface area contributed by atoms with E-state index in [1.807, 2.05) is 18.2 Å². The largest absolute Gasteiger partial charge is 0.491 e. The summed E-state index contributed by atoms with van der Waals surface area (Å²) in [4.78, 5) is 0. The minimum Gasteiger partial charge on any atom is -0.491 e. The number of halogens is 1. The zero-order valence-corrected chi connectivity index (χ0v) is 13.7. The Hall–Kier alpha value is -1.06. The summed E-state index contributed by atoms with van der Waals surface area (Å²) in [6.07, 6.45) is 1.21. The van der Waals surface area contributed by atoms with Crippen molar-refractivity contribution in [3.8, 4) is 5.75 Å². The lowest BCUT2D eigenvalue weighted by Crippen LogP contribution is -2.23. The molecule has 0 heterocycles. The first-order valence-electron chi connectivity index (χ1n) is 7.19. The molecule has 108 valence electrons. The predicted octanol–water partition coefficient (Wildman–Crippen LogP) is 4.62. The van der Waals surface area contributed by atoms with Crippen LogP contribution in [-0.2, 0) is 0 Å². The van der Waals surface area contributed by atoms with Crippen LogP contribution in [0, 0.1) is 5.92 Å². The number of hydrogen-bond donors (Lipinski definition) is 1. The van der Waals surface area contributed by atoms with Crippen LogP contribution in [0.2, 0.25) is 0 Å². The summed E-state index contributed by atoms with van der Waals surface area (Å²) in [5.74, 6) is 1.66. The van der Waals surface area contributed by atoms with Gasteiger partial charge >= 0.3 is 0 Å². The van der Waals surface area contributed by atoms with Crippen LogP contribution in [0.3, 0.4) is 0 Å². The molecule has 0 atom stereocenters. The molecule has 0 radical (unpaired) electrons. The SMILES string of the molecule is CC(C)CCNCCOc1ccc2ccccc2c1Br. The zero-order valence-electron chi connectivity index (χ0n) is 12.2. The maximum Gasteiger partial charge on any atom is 0.134 e. The average molecular weight is 336 g/mol. The Labute approximate surface area is 129 Å². The van der Waals surface area contributed by atoms with E-state index in [1.165, 1.54) is 17.2 Å². The van der Waals surface area contributed by atoms with E-state index in [1.54, 1.807) is 0 Å². The molecule has 0 saturated carbocycles. The fourth-order valence-corrected chi connectivity index (χ4v) is 2.68. The second-order valence-electron chi connectivity index (χ2n) is 5.38.